The Bertz CT molecular complexity index is 870. The van der Waals surface area contributed by atoms with E-state index in [4.69, 9.17) is 4.74 Å². The summed E-state index contributed by atoms with van der Waals surface area (Å²) in [6.45, 7) is 4.28. The molecule has 0 radical (unpaired) electrons. The van der Waals surface area contributed by atoms with E-state index in [-0.39, 0.29) is 12.5 Å². The number of hydrogen-bond acceptors (Lipinski definition) is 5. The zero-order valence-electron chi connectivity index (χ0n) is 15.0. The first kappa shape index (κ1) is 17.6. The third kappa shape index (κ3) is 4.24. The van der Waals surface area contributed by atoms with Crippen LogP contribution in [0.15, 0.2) is 48.5 Å². The monoisotopic (exact) mass is 351 g/mol. The van der Waals surface area contributed by atoms with Gasteiger partial charge in [-0.25, -0.2) is 0 Å². The fourth-order valence-electron chi connectivity index (χ4n) is 2.45. The van der Waals surface area contributed by atoms with Crippen molar-refractivity contribution in [2.24, 2.45) is 0 Å². The van der Waals surface area contributed by atoms with Gasteiger partial charge in [-0.1, -0.05) is 38.1 Å². The molecule has 7 heteroatoms. The van der Waals surface area contributed by atoms with E-state index in [1.807, 2.05) is 12.1 Å². The van der Waals surface area contributed by atoms with Crippen molar-refractivity contribution >= 4 is 11.6 Å². The maximum Gasteiger partial charge on any atom is 0.248 e. The topological polar surface area (TPSA) is 81.9 Å². The molecular weight excluding hydrogens is 330 g/mol. The number of benzene rings is 2. The molecule has 0 atom stereocenters. The first-order valence-corrected chi connectivity index (χ1v) is 8.37. The molecule has 1 amide bonds. The van der Waals surface area contributed by atoms with Crippen molar-refractivity contribution in [2.45, 2.75) is 26.3 Å². The molecule has 134 valence electrons. The zero-order chi connectivity index (χ0) is 18.5. The maximum absolute atomic E-state index is 12.1. The molecule has 0 spiro atoms. The van der Waals surface area contributed by atoms with Crippen LogP contribution in [0.1, 0.15) is 25.3 Å². The van der Waals surface area contributed by atoms with Gasteiger partial charge in [0.2, 0.25) is 11.7 Å². The summed E-state index contributed by atoms with van der Waals surface area (Å²) in [6, 6.07) is 15.1. The Kier molecular flexibility index (Phi) is 5.26. The van der Waals surface area contributed by atoms with Crippen molar-refractivity contribution in [1.29, 1.82) is 0 Å². The molecule has 0 aliphatic heterocycles. The van der Waals surface area contributed by atoms with Crippen molar-refractivity contribution in [1.82, 2.24) is 20.2 Å². The van der Waals surface area contributed by atoms with E-state index in [1.54, 1.807) is 31.4 Å². The molecule has 1 heterocycles. The smallest absolute Gasteiger partial charge is 0.248 e. The number of anilines is 1. The number of carbonyl (C=O) groups is 1. The molecule has 7 nitrogen and oxygen atoms in total. The summed E-state index contributed by atoms with van der Waals surface area (Å²) in [6.07, 6.45) is 0. The molecule has 1 aromatic heterocycles. The second-order valence-electron chi connectivity index (χ2n) is 6.20. The summed E-state index contributed by atoms with van der Waals surface area (Å²) >= 11 is 0. The summed E-state index contributed by atoms with van der Waals surface area (Å²) in [4.78, 5) is 13.4. The fraction of sp³-hybridized carbons (Fsp3) is 0.263. The van der Waals surface area contributed by atoms with E-state index >= 15 is 0 Å². The average Bonchev–Trinajstić information content (AvgIpc) is 3.10. The predicted octanol–water partition coefficient (Wildman–Crippen LogP) is 3.11. The molecule has 1 N–H and O–H groups in total. The predicted molar refractivity (Wildman–Crippen MR) is 99.0 cm³/mol. The fourth-order valence-corrected chi connectivity index (χ4v) is 2.45. The van der Waals surface area contributed by atoms with Crippen LogP contribution in [0.3, 0.4) is 0 Å². The lowest BCUT2D eigenvalue weighted by Crippen LogP contribution is -2.20. The van der Waals surface area contributed by atoms with Gasteiger partial charge in [0.05, 0.1) is 7.11 Å². The molecule has 3 rings (SSSR count). The molecule has 0 saturated heterocycles. The van der Waals surface area contributed by atoms with Crippen LogP contribution >= 0.6 is 0 Å². The highest BCUT2D eigenvalue weighted by Crippen LogP contribution is 2.19. The van der Waals surface area contributed by atoms with Crippen LogP contribution in [0.4, 0.5) is 5.69 Å². The van der Waals surface area contributed by atoms with Crippen LogP contribution in [0.25, 0.3) is 11.4 Å². The molecule has 3 aromatic rings. The number of aromatic nitrogens is 4. The van der Waals surface area contributed by atoms with Gasteiger partial charge in [0.15, 0.2) is 0 Å². The van der Waals surface area contributed by atoms with E-state index in [0.717, 1.165) is 11.3 Å². The quantitative estimate of drug-likeness (QED) is 0.738. The number of carbonyl (C=O) groups excluding carboxylic acids is 1. The van der Waals surface area contributed by atoms with Crippen molar-refractivity contribution in [3.05, 3.63) is 54.1 Å². The third-order valence-electron chi connectivity index (χ3n) is 3.95. The number of rotatable bonds is 6. The van der Waals surface area contributed by atoms with Gasteiger partial charge in [0, 0.05) is 11.3 Å². The van der Waals surface area contributed by atoms with Crippen LogP contribution in [-0.4, -0.2) is 33.2 Å². The normalized spacial score (nSPS) is 10.8. The zero-order valence-corrected chi connectivity index (χ0v) is 15.0. The third-order valence-corrected chi connectivity index (χ3v) is 3.95. The second-order valence-corrected chi connectivity index (χ2v) is 6.20. The van der Waals surface area contributed by atoms with E-state index in [1.165, 1.54) is 10.4 Å². The van der Waals surface area contributed by atoms with Crippen LogP contribution in [0.2, 0.25) is 0 Å². The van der Waals surface area contributed by atoms with Crippen molar-refractivity contribution in [3.63, 3.8) is 0 Å². The Labute approximate surface area is 152 Å². The van der Waals surface area contributed by atoms with Crippen molar-refractivity contribution in [2.75, 3.05) is 12.4 Å². The second kappa shape index (κ2) is 7.77. The highest BCUT2D eigenvalue weighted by atomic mass is 16.5. The molecule has 0 fully saturated rings. The minimum absolute atomic E-state index is 0.0108. The molecular formula is C19H21N5O2. The maximum atomic E-state index is 12.1. The van der Waals surface area contributed by atoms with Gasteiger partial charge < -0.3 is 10.1 Å². The van der Waals surface area contributed by atoms with E-state index in [2.05, 4.69) is 46.7 Å². The number of nitrogens with zero attached hydrogens (tertiary/aromatic N) is 4. The lowest BCUT2D eigenvalue weighted by atomic mass is 10.0. The molecule has 0 unspecified atom stereocenters. The van der Waals surface area contributed by atoms with E-state index in [9.17, 15) is 4.79 Å². The summed E-state index contributed by atoms with van der Waals surface area (Å²) in [7, 11) is 1.60. The summed E-state index contributed by atoms with van der Waals surface area (Å²) in [5.41, 5.74) is 2.80. The van der Waals surface area contributed by atoms with Gasteiger partial charge in [-0.2, -0.15) is 4.80 Å². The largest absolute Gasteiger partial charge is 0.497 e. The number of nitrogens with one attached hydrogen (secondary N) is 1. The van der Waals surface area contributed by atoms with E-state index in [0.29, 0.717) is 17.4 Å². The number of tetrazole rings is 1. The first-order valence-electron chi connectivity index (χ1n) is 8.37. The lowest BCUT2D eigenvalue weighted by Gasteiger charge is -2.05. The minimum Gasteiger partial charge on any atom is -0.497 e. The van der Waals surface area contributed by atoms with Crippen molar-refractivity contribution in [3.8, 4) is 17.1 Å². The first-order chi connectivity index (χ1) is 12.5. The summed E-state index contributed by atoms with van der Waals surface area (Å²) in [5, 5.41) is 15.0. The number of hydrogen-bond donors (Lipinski definition) is 1. The van der Waals surface area contributed by atoms with Crippen LogP contribution in [0, 0.1) is 0 Å². The van der Waals surface area contributed by atoms with Gasteiger partial charge in [0.1, 0.15) is 12.3 Å². The van der Waals surface area contributed by atoms with Gasteiger partial charge in [-0.15, -0.1) is 10.2 Å². The van der Waals surface area contributed by atoms with Crippen LogP contribution < -0.4 is 10.1 Å². The van der Waals surface area contributed by atoms with Gasteiger partial charge >= 0.3 is 0 Å². The number of methoxy groups -OCH3 is 1. The highest BCUT2D eigenvalue weighted by Gasteiger charge is 2.10. The Morgan fingerprint density at radius 2 is 1.81 bits per heavy atom. The molecule has 26 heavy (non-hydrogen) atoms. The summed E-state index contributed by atoms with van der Waals surface area (Å²) < 4.78 is 5.09. The highest BCUT2D eigenvalue weighted by molar-refractivity contribution is 5.90. The molecule has 0 bridgehead atoms. The Hall–Kier alpha value is -3.22. The molecule has 0 saturated carbocycles. The molecule has 0 aliphatic rings. The number of amides is 1. The van der Waals surface area contributed by atoms with Gasteiger partial charge in [0.25, 0.3) is 0 Å². The minimum atomic E-state index is -0.228. The molecule has 0 aliphatic carbocycles. The molecule has 2 aromatic carbocycles. The summed E-state index contributed by atoms with van der Waals surface area (Å²) in [5.74, 6) is 1.47. The standard InChI is InChI=1S/C19H21N5O2/c1-13(2)14-4-6-15(7-5-14)19-21-23-24(22-19)12-18(25)20-16-8-10-17(26-3)11-9-16/h4-11,13H,12H2,1-3H3,(H,20,25). The Balaban J connectivity index is 1.62. The SMILES string of the molecule is COc1ccc(NC(=O)Cn2nnc(-c3ccc(C(C)C)cc3)n2)cc1. The number of ether oxygens (including phenoxy) is 1. The average molecular weight is 351 g/mol. The van der Waals surface area contributed by atoms with Gasteiger partial charge in [-0.3, -0.25) is 4.79 Å². The van der Waals surface area contributed by atoms with Crippen molar-refractivity contribution < 1.29 is 9.53 Å². The van der Waals surface area contributed by atoms with Crippen LogP contribution in [-0.2, 0) is 11.3 Å². The lowest BCUT2D eigenvalue weighted by molar-refractivity contribution is -0.117. The van der Waals surface area contributed by atoms with E-state index < -0.39 is 0 Å². The van der Waals surface area contributed by atoms with Gasteiger partial charge in [-0.05, 0) is 41.0 Å². The Morgan fingerprint density at radius 1 is 1.12 bits per heavy atom. The van der Waals surface area contributed by atoms with Crippen LogP contribution in [0.5, 0.6) is 5.75 Å². The Morgan fingerprint density at radius 3 is 2.42 bits per heavy atom.